The topological polar surface area (TPSA) is 55.6 Å². The Hall–Kier alpha value is -1.62. The zero-order valence-corrected chi connectivity index (χ0v) is 12.3. The van der Waals surface area contributed by atoms with E-state index in [9.17, 15) is 9.18 Å². The summed E-state index contributed by atoms with van der Waals surface area (Å²) in [5.41, 5.74) is 5.62. The second-order valence-electron chi connectivity index (χ2n) is 5.12. The lowest BCUT2D eigenvalue weighted by molar-refractivity contribution is -0.135. The predicted octanol–water partition coefficient (Wildman–Crippen LogP) is 1.89. The molecule has 1 atom stereocenters. The highest BCUT2D eigenvalue weighted by molar-refractivity contribution is 5.79. The van der Waals surface area contributed by atoms with Crippen LogP contribution >= 0.6 is 0 Å². The third-order valence-electron chi connectivity index (χ3n) is 3.27. The highest BCUT2D eigenvalue weighted by atomic mass is 19.1. The van der Waals surface area contributed by atoms with E-state index in [1.54, 1.807) is 30.1 Å². The van der Waals surface area contributed by atoms with Crippen LogP contribution in [0.15, 0.2) is 24.3 Å². The van der Waals surface area contributed by atoms with Crippen molar-refractivity contribution in [1.29, 1.82) is 0 Å². The lowest BCUT2D eigenvalue weighted by atomic mass is 9.94. The van der Waals surface area contributed by atoms with Crippen LogP contribution in [0.3, 0.4) is 0 Å². The average molecular weight is 282 g/mol. The van der Waals surface area contributed by atoms with E-state index in [1.807, 2.05) is 13.8 Å². The second-order valence-corrected chi connectivity index (χ2v) is 5.12. The standard InChI is InChI=1S/C15H23FN2O2/c1-11(2)12(10-17)15(19)18(3)8-9-20-14-7-5-4-6-13(14)16/h4-7,11-12H,8-10,17H2,1-3H3. The van der Waals surface area contributed by atoms with Crippen molar-refractivity contribution in [1.82, 2.24) is 4.90 Å². The summed E-state index contributed by atoms with van der Waals surface area (Å²) in [4.78, 5) is 13.7. The summed E-state index contributed by atoms with van der Waals surface area (Å²) in [7, 11) is 1.71. The highest BCUT2D eigenvalue weighted by Gasteiger charge is 2.23. The first-order valence-electron chi connectivity index (χ1n) is 6.79. The quantitative estimate of drug-likeness (QED) is 0.831. The van der Waals surface area contributed by atoms with Gasteiger partial charge in [0.1, 0.15) is 6.61 Å². The number of ether oxygens (including phenoxy) is 1. The molecule has 2 N–H and O–H groups in total. The number of nitrogens with two attached hydrogens (primary N) is 1. The van der Waals surface area contributed by atoms with Gasteiger partial charge in [0.2, 0.25) is 5.91 Å². The number of likely N-dealkylation sites (N-methyl/N-ethyl adjacent to an activating group) is 1. The molecule has 0 heterocycles. The van der Waals surface area contributed by atoms with Crippen molar-refractivity contribution in [3.05, 3.63) is 30.1 Å². The first kappa shape index (κ1) is 16.4. The maximum absolute atomic E-state index is 13.3. The van der Waals surface area contributed by atoms with E-state index < -0.39 is 5.82 Å². The van der Waals surface area contributed by atoms with Crippen LogP contribution in [0.25, 0.3) is 0 Å². The van der Waals surface area contributed by atoms with Crippen LogP contribution in [0.5, 0.6) is 5.75 Å². The Morgan fingerprint density at radius 2 is 2.05 bits per heavy atom. The van der Waals surface area contributed by atoms with Crippen molar-refractivity contribution in [2.24, 2.45) is 17.6 Å². The van der Waals surface area contributed by atoms with E-state index >= 15 is 0 Å². The van der Waals surface area contributed by atoms with Crippen molar-refractivity contribution in [3.63, 3.8) is 0 Å². The number of nitrogens with zero attached hydrogens (tertiary/aromatic N) is 1. The van der Waals surface area contributed by atoms with Crippen LogP contribution < -0.4 is 10.5 Å². The van der Waals surface area contributed by atoms with Gasteiger partial charge in [0, 0.05) is 13.6 Å². The fourth-order valence-electron chi connectivity index (χ4n) is 1.91. The maximum Gasteiger partial charge on any atom is 0.227 e. The Balaban J connectivity index is 2.45. The molecule has 0 aliphatic heterocycles. The van der Waals surface area contributed by atoms with Crippen molar-refractivity contribution in [3.8, 4) is 5.75 Å². The van der Waals surface area contributed by atoms with E-state index in [0.29, 0.717) is 13.1 Å². The van der Waals surface area contributed by atoms with Crippen molar-refractivity contribution >= 4 is 5.91 Å². The minimum Gasteiger partial charge on any atom is -0.489 e. The SMILES string of the molecule is CC(C)C(CN)C(=O)N(C)CCOc1ccccc1F. The number of hydrogen-bond acceptors (Lipinski definition) is 3. The number of benzene rings is 1. The molecule has 112 valence electrons. The molecule has 5 heteroatoms. The zero-order chi connectivity index (χ0) is 15.1. The Bertz CT molecular complexity index is 438. The molecule has 1 aromatic carbocycles. The van der Waals surface area contributed by atoms with Gasteiger partial charge in [-0.3, -0.25) is 4.79 Å². The molecule has 1 amide bonds. The minimum atomic E-state index is -0.400. The molecule has 0 bridgehead atoms. The van der Waals surface area contributed by atoms with Crippen molar-refractivity contribution < 1.29 is 13.9 Å². The Morgan fingerprint density at radius 3 is 2.60 bits per heavy atom. The van der Waals surface area contributed by atoms with Gasteiger partial charge in [0.15, 0.2) is 11.6 Å². The molecule has 1 rings (SSSR count). The average Bonchev–Trinajstić information content (AvgIpc) is 2.41. The molecular weight excluding hydrogens is 259 g/mol. The molecule has 1 aromatic rings. The van der Waals surface area contributed by atoms with Gasteiger partial charge in [0.05, 0.1) is 12.5 Å². The van der Waals surface area contributed by atoms with Crippen molar-refractivity contribution in [2.75, 3.05) is 26.7 Å². The summed E-state index contributed by atoms with van der Waals surface area (Å²) in [5, 5.41) is 0. The maximum atomic E-state index is 13.3. The molecule has 0 aliphatic carbocycles. The van der Waals surface area contributed by atoms with E-state index in [2.05, 4.69) is 0 Å². The summed E-state index contributed by atoms with van der Waals surface area (Å²) in [6.45, 7) is 4.92. The summed E-state index contributed by atoms with van der Waals surface area (Å²) in [6.07, 6.45) is 0. The number of halogens is 1. The number of amides is 1. The lowest BCUT2D eigenvalue weighted by Gasteiger charge is -2.25. The number of hydrogen-bond donors (Lipinski definition) is 1. The zero-order valence-electron chi connectivity index (χ0n) is 12.3. The number of carbonyl (C=O) groups excluding carboxylic acids is 1. The van der Waals surface area contributed by atoms with Gasteiger partial charge < -0.3 is 15.4 Å². The first-order chi connectivity index (χ1) is 9.47. The predicted molar refractivity (Wildman–Crippen MR) is 76.9 cm³/mol. The number of rotatable bonds is 7. The van der Waals surface area contributed by atoms with Gasteiger partial charge >= 0.3 is 0 Å². The van der Waals surface area contributed by atoms with Crippen LogP contribution in [0.1, 0.15) is 13.8 Å². The van der Waals surface area contributed by atoms with Crippen LogP contribution in [0.2, 0.25) is 0 Å². The monoisotopic (exact) mass is 282 g/mol. The summed E-state index contributed by atoms with van der Waals surface area (Å²) in [5.74, 6) is -0.188. The molecule has 4 nitrogen and oxygen atoms in total. The van der Waals surface area contributed by atoms with Gasteiger partial charge in [-0.25, -0.2) is 4.39 Å². The van der Waals surface area contributed by atoms with E-state index in [1.165, 1.54) is 6.07 Å². The number of para-hydroxylation sites is 1. The first-order valence-corrected chi connectivity index (χ1v) is 6.79. The Kier molecular flexibility index (Phi) is 6.45. The lowest BCUT2D eigenvalue weighted by Crippen LogP contribution is -2.40. The summed E-state index contributed by atoms with van der Waals surface area (Å²) < 4.78 is 18.7. The van der Waals surface area contributed by atoms with Crippen LogP contribution in [-0.2, 0) is 4.79 Å². The largest absolute Gasteiger partial charge is 0.489 e. The molecule has 0 spiro atoms. The molecule has 20 heavy (non-hydrogen) atoms. The van der Waals surface area contributed by atoms with E-state index in [-0.39, 0.29) is 30.1 Å². The van der Waals surface area contributed by atoms with Gasteiger partial charge in [0.25, 0.3) is 0 Å². The van der Waals surface area contributed by atoms with Gasteiger partial charge in [-0.05, 0) is 18.1 Å². The molecule has 0 fully saturated rings. The second kappa shape index (κ2) is 7.85. The third kappa shape index (κ3) is 4.49. The molecule has 0 aromatic heterocycles. The molecule has 0 aliphatic rings. The Morgan fingerprint density at radius 1 is 1.40 bits per heavy atom. The fourth-order valence-corrected chi connectivity index (χ4v) is 1.91. The van der Waals surface area contributed by atoms with E-state index in [0.717, 1.165) is 0 Å². The summed E-state index contributed by atoms with van der Waals surface area (Å²) in [6, 6.07) is 6.21. The Labute approximate surface area is 119 Å². The molecule has 0 saturated carbocycles. The molecular formula is C15H23FN2O2. The van der Waals surface area contributed by atoms with Gasteiger partial charge in [-0.2, -0.15) is 0 Å². The van der Waals surface area contributed by atoms with Crippen LogP contribution in [-0.4, -0.2) is 37.6 Å². The smallest absolute Gasteiger partial charge is 0.227 e. The third-order valence-corrected chi connectivity index (χ3v) is 3.27. The fraction of sp³-hybridized carbons (Fsp3) is 0.533. The summed E-state index contributed by atoms with van der Waals surface area (Å²) >= 11 is 0. The normalized spacial score (nSPS) is 12.3. The minimum absolute atomic E-state index is 0.000339. The van der Waals surface area contributed by atoms with Gasteiger partial charge in [-0.1, -0.05) is 26.0 Å². The highest BCUT2D eigenvalue weighted by Crippen LogP contribution is 2.15. The molecule has 0 radical (unpaired) electrons. The van der Waals surface area contributed by atoms with Crippen LogP contribution in [0.4, 0.5) is 4.39 Å². The van der Waals surface area contributed by atoms with Crippen LogP contribution in [0, 0.1) is 17.7 Å². The van der Waals surface area contributed by atoms with E-state index in [4.69, 9.17) is 10.5 Å². The van der Waals surface area contributed by atoms with Crippen molar-refractivity contribution in [2.45, 2.75) is 13.8 Å². The number of carbonyl (C=O) groups is 1. The molecule has 1 unspecified atom stereocenters. The van der Waals surface area contributed by atoms with Gasteiger partial charge in [-0.15, -0.1) is 0 Å². The molecule has 0 saturated heterocycles.